The van der Waals surface area contributed by atoms with Gasteiger partial charge in [-0.15, -0.1) is 0 Å². The number of rotatable bonds is 4. The van der Waals surface area contributed by atoms with Crippen molar-refractivity contribution in [3.63, 3.8) is 0 Å². The summed E-state index contributed by atoms with van der Waals surface area (Å²) in [6.45, 7) is 1.98. The van der Waals surface area contributed by atoms with Gasteiger partial charge < -0.3 is 14.2 Å². The zero-order valence-electron chi connectivity index (χ0n) is 16.0. The summed E-state index contributed by atoms with van der Waals surface area (Å²) in [5.74, 6) is 0.535. The van der Waals surface area contributed by atoms with Crippen LogP contribution in [0.1, 0.15) is 16.1 Å². The maximum absolute atomic E-state index is 12.8. The maximum Gasteiger partial charge on any atom is 0.278 e. The van der Waals surface area contributed by atoms with Crippen LogP contribution in [0.15, 0.2) is 82.2 Å². The average Bonchev–Trinajstić information content (AvgIpc) is 3.41. The third-order valence-electron chi connectivity index (χ3n) is 4.62. The Labute approximate surface area is 171 Å². The monoisotopic (exact) mass is 396 g/mol. The van der Waals surface area contributed by atoms with Crippen molar-refractivity contribution in [2.45, 2.75) is 6.92 Å². The van der Waals surface area contributed by atoms with Crippen LogP contribution in [0.25, 0.3) is 33.9 Å². The number of pyridine rings is 1. The number of oxazole rings is 2. The highest BCUT2D eigenvalue weighted by Gasteiger charge is 2.19. The minimum Gasteiger partial charge on any atom is -0.443 e. The highest BCUT2D eigenvalue weighted by molar-refractivity contribution is 6.07. The highest BCUT2D eigenvalue weighted by Crippen LogP contribution is 2.27. The van der Waals surface area contributed by atoms with Crippen molar-refractivity contribution in [1.82, 2.24) is 15.0 Å². The number of aryl methyl sites for hydroxylation is 1. The van der Waals surface area contributed by atoms with Crippen molar-refractivity contribution >= 4 is 22.7 Å². The number of aromatic nitrogens is 3. The molecule has 5 rings (SSSR count). The molecule has 7 heteroatoms. The van der Waals surface area contributed by atoms with Gasteiger partial charge >= 0.3 is 0 Å². The molecule has 3 heterocycles. The van der Waals surface area contributed by atoms with Crippen LogP contribution in [-0.4, -0.2) is 20.9 Å². The predicted molar refractivity (Wildman–Crippen MR) is 112 cm³/mol. The third kappa shape index (κ3) is 3.33. The van der Waals surface area contributed by atoms with E-state index >= 15 is 0 Å². The first kappa shape index (κ1) is 17.8. The number of carbonyl (C=O) groups excluding carboxylic acids is 1. The molecule has 0 bridgehead atoms. The van der Waals surface area contributed by atoms with Crippen molar-refractivity contribution in [3.8, 4) is 22.8 Å². The Morgan fingerprint density at radius 2 is 1.93 bits per heavy atom. The fourth-order valence-electron chi connectivity index (χ4n) is 3.21. The normalized spacial score (nSPS) is 11.0. The molecule has 0 saturated carbocycles. The van der Waals surface area contributed by atoms with Gasteiger partial charge in [-0.3, -0.25) is 9.78 Å². The van der Waals surface area contributed by atoms with Gasteiger partial charge in [0.15, 0.2) is 23.4 Å². The summed E-state index contributed by atoms with van der Waals surface area (Å²) in [5.41, 5.74) is 4.69. The molecule has 0 atom stereocenters. The summed E-state index contributed by atoms with van der Waals surface area (Å²) in [6.07, 6.45) is 4.65. The lowest BCUT2D eigenvalue weighted by Gasteiger charge is -2.05. The molecule has 0 unspecified atom stereocenters. The first-order chi connectivity index (χ1) is 14.7. The van der Waals surface area contributed by atoms with E-state index in [1.807, 2.05) is 43.3 Å². The van der Waals surface area contributed by atoms with Gasteiger partial charge in [-0.05, 0) is 43.3 Å². The number of fused-ring (bicyclic) bond motifs is 1. The highest BCUT2D eigenvalue weighted by atomic mass is 16.3. The summed E-state index contributed by atoms with van der Waals surface area (Å²) in [5, 5.41) is 2.85. The van der Waals surface area contributed by atoms with Crippen LogP contribution in [0.4, 0.5) is 5.69 Å². The minimum atomic E-state index is -0.365. The summed E-state index contributed by atoms with van der Waals surface area (Å²) < 4.78 is 11.3. The number of anilines is 1. The molecule has 1 amide bonds. The van der Waals surface area contributed by atoms with Crippen LogP contribution in [-0.2, 0) is 0 Å². The molecule has 1 N–H and O–H groups in total. The Bertz CT molecular complexity index is 1360. The third-order valence-corrected chi connectivity index (χ3v) is 4.62. The number of carbonyl (C=O) groups is 1. The Hall–Kier alpha value is -4.26. The topological polar surface area (TPSA) is 94.1 Å². The van der Waals surface area contributed by atoms with E-state index < -0.39 is 0 Å². The maximum atomic E-state index is 12.8. The molecule has 7 nitrogen and oxygen atoms in total. The van der Waals surface area contributed by atoms with E-state index in [-0.39, 0.29) is 11.6 Å². The Balaban J connectivity index is 1.42. The van der Waals surface area contributed by atoms with Crippen LogP contribution in [0.5, 0.6) is 0 Å². The number of nitrogens with zero attached hydrogens (tertiary/aromatic N) is 3. The Morgan fingerprint density at radius 3 is 2.77 bits per heavy atom. The van der Waals surface area contributed by atoms with Crippen LogP contribution in [0.2, 0.25) is 0 Å². The van der Waals surface area contributed by atoms with E-state index in [4.69, 9.17) is 8.83 Å². The molecular formula is C23H16N4O3. The second-order valence-electron chi connectivity index (χ2n) is 6.80. The fourth-order valence-corrected chi connectivity index (χ4v) is 3.21. The number of nitrogens with one attached hydrogen (secondary N) is 1. The number of hydrogen-bond donors (Lipinski definition) is 1. The largest absolute Gasteiger partial charge is 0.443 e. The van der Waals surface area contributed by atoms with Crippen molar-refractivity contribution < 1.29 is 13.6 Å². The molecule has 0 aliphatic rings. The second kappa shape index (κ2) is 7.29. The summed E-state index contributed by atoms with van der Waals surface area (Å²) in [4.78, 5) is 25.5. The lowest BCUT2D eigenvalue weighted by molar-refractivity contribution is 0.102. The molecular weight excluding hydrogens is 380 g/mol. The average molecular weight is 396 g/mol. The molecule has 0 spiro atoms. The molecule has 0 aliphatic heterocycles. The van der Waals surface area contributed by atoms with Crippen molar-refractivity contribution in [2.24, 2.45) is 0 Å². The van der Waals surface area contributed by atoms with E-state index in [1.165, 1.54) is 6.39 Å². The lowest BCUT2D eigenvalue weighted by atomic mass is 10.1. The second-order valence-corrected chi connectivity index (χ2v) is 6.80. The first-order valence-corrected chi connectivity index (χ1v) is 9.30. The van der Waals surface area contributed by atoms with E-state index in [9.17, 15) is 4.79 Å². The van der Waals surface area contributed by atoms with Crippen molar-refractivity contribution in [1.29, 1.82) is 0 Å². The standard InChI is InChI=1S/C23H16N4O3/c1-14-4-2-5-15(10-14)21-20(25-13-29-21)22(28)26-17-7-8-19-18(11-17)27-23(30-19)16-6-3-9-24-12-16/h2-13H,1H3,(H,26,28). The molecule has 0 saturated heterocycles. The van der Waals surface area contributed by atoms with E-state index in [0.29, 0.717) is 28.4 Å². The summed E-state index contributed by atoms with van der Waals surface area (Å²) >= 11 is 0. The molecule has 2 aromatic carbocycles. The fraction of sp³-hybridized carbons (Fsp3) is 0.0435. The van der Waals surface area contributed by atoms with Crippen LogP contribution in [0, 0.1) is 6.92 Å². The van der Waals surface area contributed by atoms with Gasteiger partial charge in [0.05, 0.1) is 5.56 Å². The van der Waals surface area contributed by atoms with Gasteiger partial charge in [0, 0.05) is 23.6 Å². The van der Waals surface area contributed by atoms with Gasteiger partial charge in [0.25, 0.3) is 5.91 Å². The molecule has 0 radical (unpaired) electrons. The smallest absolute Gasteiger partial charge is 0.278 e. The molecule has 5 aromatic rings. The quantitative estimate of drug-likeness (QED) is 0.454. The van der Waals surface area contributed by atoms with E-state index in [2.05, 4.69) is 20.3 Å². The zero-order valence-corrected chi connectivity index (χ0v) is 16.0. The molecule has 0 fully saturated rings. The van der Waals surface area contributed by atoms with E-state index in [0.717, 1.165) is 16.7 Å². The predicted octanol–water partition coefficient (Wildman–Crippen LogP) is 5.11. The lowest BCUT2D eigenvalue weighted by Crippen LogP contribution is -2.13. The summed E-state index contributed by atoms with van der Waals surface area (Å²) in [6, 6.07) is 16.7. The van der Waals surface area contributed by atoms with Crippen LogP contribution >= 0.6 is 0 Å². The first-order valence-electron chi connectivity index (χ1n) is 9.30. The van der Waals surface area contributed by atoms with Gasteiger partial charge in [-0.1, -0.05) is 23.8 Å². The zero-order chi connectivity index (χ0) is 20.5. The van der Waals surface area contributed by atoms with Gasteiger partial charge in [-0.25, -0.2) is 9.97 Å². The molecule has 3 aromatic heterocycles. The van der Waals surface area contributed by atoms with Crippen molar-refractivity contribution in [3.05, 3.63) is 84.6 Å². The summed E-state index contributed by atoms with van der Waals surface area (Å²) in [7, 11) is 0. The van der Waals surface area contributed by atoms with Gasteiger partial charge in [0.1, 0.15) is 5.52 Å². The van der Waals surface area contributed by atoms with Gasteiger partial charge in [-0.2, -0.15) is 0 Å². The van der Waals surface area contributed by atoms with Crippen LogP contribution < -0.4 is 5.32 Å². The number of benzene rings is 2. The van der Waals surface area contributed by atoms with Crippen LogP contribution in [0.3, 0.4) is 0 Å². The van der Waals surface area contributed by atoms with Gasteiger partial charge in [0.2, 0.25) is 5.89 Å². The molecule has 0 aliphatic carbocycles. The molecule has 146 valence electrons. The molecule has 30 heavy (non-hydrogen) atoms. The van der Waals surface area contributed by atoms with Crippen molar-refractivity contribution in [2.75, 3.05) is 5.32 Å². The number of amides is 1. The Kier molecular flexibility index (Phi) is 4.33. The minimum absolute atomic E-state index is 0.219. The Morgan fingerprint density at radius 1 is 1.03 bits per heavy atom. The SMILES string of the molecule is Cc1cccc(-c2ocnc2C(=O)Nc2ccc3oc(-c4cccnc4)nc3c2)c1. The number of hydrogen-bond acceptors (Lipinski definition) is 6. The van der Waals surface area contributed by atoms with E-state index in [1.54, 1.807) is 30.6 Å².